The van der Waals surface area contributed by atoms with Crippen molar-refractivity contribution in [1.29, 1.82) is 0 Å². The summed E-state index contributed by atoms with van der Waals surface area (Å²) in [6.07, 6.45) is -2.70. The van der Waals surface area contributed by atoms with Crippen molar-refractivity contribution in [2.24, 2.45) is 0 Å². The second-order valence-corrected chi connectivity index (χ2v) is 4.59. The minimum atomic E-state index is -4.44. The SMILES string of the molecule is CCn1ccc(NC(=S)Nc2ccccc2C(F)(F)F)n1. The van der Waals surface area contributed by atoms with Crippen LogP contribution in [0.1, 0.15) is 12.5 Å². The summed E-state index contributed by atoms with van der Waals surface area (Å²) < 4.78 is 40.2. The van der Waals surface area contributed by atoms with E-state index in [1.165, 1.54) is 18.2 Å². The summed E-state index contributed by atoms with van der Waals surface area (Å²) in [7, 11) is 0. The summed E-state index contributed by atoms with van der Waals surface area (Å²) in [4.78, 5) is 0. The molecule has 0 bridgehead atoms. The zero-order chi connectivity index (χ0) is 15.5. The second-order valence-electron chi connectivity index (χ2n) is 4.18. The van der Waals surface area contributed by atoms with Crippen LogP contribution in [0.2, 0.25) is 0 Å². The van der Waals surface area contributed by atoms with Crippen LogP contribution >= 0.6 is 12.2 Å². The molecular weight excluding hydrogens is 301 g/mol. The summed E-state index contributed by atoms with van der Waals surface area (Å²) in [5.41, 5.74) is -0.870. The van der Waals surface area contributed by atoms with Gasteiger partial charge in [0.25, 0.3) is 0 Å². The Morgan fingerprint density at radius 3 is 2.57 bits per heavy atom. The molecule has 21 heavy (non-hydrogen) atoms. The molecule has 1 aromatic heterocycles. The number of thiocarbonyl (C=S) groups is 1. The first-order valence-corrected chi connectivity index (χ1v) is 6.58. The van der Waals surface area contributed by atoms with Crippen LogP contribution in [0.25, 0.3) is 0 Å². The van der Waals surface area contributed by atoms with E-state index in [0.29, 0.717) is 12.4 Å². The molecule has 1 aromatic carbocycles. The predicted molar refractivity (Wildman–Crippen MR) is 79.2 cm³/mol. The van der Waals surface area contributed by atoms with E-state index in [4.69, 9.17) is 12.2 Å². The summed E-state index contributed by atoms with van der Waals surface area (Å²) in [6, 6.07) is 6.84. The Kier molecular flexibility index (Phi) is 4.46. The Morgan fingerprint density at radius 2 is 1.95 bits per heavy atom. The fraction of sp³-hybridized carbons (Fsp3) is 0.231. The lowest BCUT2D eigenvalue weighted by molar-refractivity contribution is -0.136. The van der Waals surface area contributed by atoms with Gasteiger partial charge in [-0.1, -0.05) is 12.1 Å². The Morgan fingerprint density at radius 1 is 1.24 bits per heavy atom. The molecule has 112 valence electrons. The van der Waals surface area contributed by atoms with E-state index in [-0.39, 0.29) is 10.8 Å². The van der Waals surface area contributed by atoms with Crippen molar-refractivity contribution in [3.63, 3.8) is 0 Å². The Hall–Kier alpha value is -2.09. The van der Waals surface area contributed by atoms with Crippen molar-refractivity contribution >= 4 is 28.8 Å². The van der Waals surface area contributed by atoms with Gasteiger partial charge in [0.2, 0.25) is 0 Å². The van der Waals surface area contributed by atoms with Crippen LogP contribution in [0, 0.1) is 0 Å². The molecule has 2 aromatic rings. The number of benzene rings is 1. The third kappa shape index (κ3) is 3.94. The van der Waals surface area contributed by atoms with Crippen LogP contribution in [0.3, 0.4) is 0 Å². The van der Waals surface area contributed by atoms with Crippen molar-refractivity contribution in [3.8, 4) is 0 Å². The van der Waals surface area contributed by atoms with Crippen LogP contribution in [0.4, 0.5) is 24.7 Å². The Balaban J connectivity index is 2.09. The van der Waals surface area contributed by atoms with E-state index in [1.54, 1.807) is 16.9 Å². The molecule has 8 heteroatoms. The number of halogens is 3. The first-order valence-electron chi connectivity index (χ1n) is 6.18. The summed E-state index contributed by atoms with van der Waals surface area (Å²) in [6.45, 7) is 2.62. The Labute approximate surface area is 125 Å². The number of anilines is 2. The molecule has 0 saturated carbocycles. The highest BCUT2D eigenvalue weighted by Gasteiger charge is 2.33. The number of aryl methyl sites for hydroxylation is 1. The number of rotatable bonds is 3. The van der Waals surface area contributed by atoms with E-state index in [2.05, 4.69) is 15.7 Å². The van der Waals surface area contributed by atoms with E-state index >= 15 is 0 Å². The zero-order valence-corrected chi connectivity index (χ0v) is 11.9. The minimum Gasteiger partial charge on any atom is -0.332 e. The van der Waals surface area contributed by atoms with Gasteiger partial charge >= 0.3 is 6.18 Å². The quantitative estimate of drug-likeness (QED) is 0.847. The molecule has 0 fully saturated rings. The maximum Gasteiger partial charge on any atom is 0.418 e. The van der Waals surface area contributed by atoms with Gasteiger partial charge in [0, 0.05) is 18.8 Å². The van der Waals surface area contributed by atoms with Gasteiger partial charge in [-0.25, -0.2) is 0 Å². The molecule has 0 amide bonds. The minimum absolute atomic E-state index is 0.0491. The first kappa shape index (κ1) is 15.3. The average Bonchev–Trinajstić information content (AvgIpc) is 2.85. The number of para-hydroxylation sites is 1. The lowest BCUT2D eigenvalue weighted by Crippen LogP contribution is -2.21. The van der Waals surface area contributed by atoms with Crippen molar-refractivity contribution in [2.75, 3.05) is 10.6 Å². The molecule has 0 radical (unpaired) electrons. The van der Waals surface area contributed by atoms with Crippen LogP contribution in [0.5, 0.6) is 0 Å². The number of hydrogen-bond donors (Lipinski definition) is 2. The van der Waals surface area contributed by atoms with Gasteiger partial charge in [0.15, 0.2) is 10.9 Å². The number of alkyl halides is 3. The Bertz CT molecular complexity index is 636. The highest BCUT2D eigenvalue weighted by Crippen LogP contribution is 2.34. The number of aromatic nitrogens is 2. The second kappa shape index (κ2) is 6.13. The fourth-order valence-electron chi connectivity index (χ4n) is 1.71. The molecule has 4 nitrogen and oxygen atoms in total. The molecule has 2 rings (SSSR count). The maximum absolute atomic E-state index is 12.9. The van der Waals surface area contributed by atoms with Crippen molar-refractivity contribution in [3.05, 3.63) is 42.1 Å². The molecule has 0 spiro atoms. The molecule has 2 N–H and O–H groups in total. The van der Waals surface area contributed by atoms with Gasteiger partial charge in [-0.15, -0.1) is 0 Å². The molecule has 0 aliphatic heterocycles. The number of nitrogens with one attached hydrogen (secondary N) is 2. The predicted octanol–water partition coefficient (Wildman–Crippen LogP) is 3.73. The zero-order valence-electron chi connectivity index (χ0n) is 11.1. The molecule has 0 aliphatic rings. The van der Waals surface area contributed by atoms with E-state index < -0.39 is 11.7 Å². The molecule has 1 heterocycles. The average molecular weight is 314 g/mol. The van der Waals surface area contributed by atoms with Gasteiger partial charge in [-0.05, 0) is 31.3 Å². The van der Waals surface area contributed by atoms with Crippen LogP contribution in [-0.2, 0) is 12.7 Å². The maximum atomic E-state index is 12.9. The van der Waals surface area contributed by atoms with E-state index in [0.717, 1.165) is 6.07 Å². The van der Waals surface area contributed by atoms with Crippen molar-refractivity contribution in [2.45, 2.75) is 19.6 Å². The summed E-state index contributed by atoms with van der Waals surface area (Å²) in [5.74, 6) is 0.471. The molecular formula is C13H13F3N4S. The third-order valence-corrected chi connectivity index (χ3v) is 2.89. The van der Waals surface area contributed by atoms with Gasteiger partial charge in [-0.3, -0.25) is 4.68 Å². The van der Waals surface area contributed by atoms with Crippen molar-refractivity contribution in [1.82, 2.24) is 9.78 Å². The standard InChI is InChI=1S/C13H13F3N4S/c1-2-20-8-7-11(19-20)18-12(21)17-10-6-4-3-5-9(10)13(14,15)16/h3-8H,2H2,1H3,(H2,17,18,19,21). The molecule has 0 saturated heterocycles. The van der Waals surface area contributed by atoms with Gasteiger partial charge in [0.05, 0.1) is 11.3 Å². The van der Waals surface area contributed by atoms with Gasteiger partial charge in [-0.2, -0.15) is 18.3 Å². The van der Waals surface area contributed by atoms with E-state index in [1.807, 2.05) is 6.92 Å². The van der Waals surface area contributed by atoms with E-state index in [9.17, 15) is 13.2 Å². The molecule has 0 aliphatic carbocycles. The first-order chi connectivity index (χ1) is 9.90. The molecule has 0 unspecified atom stereocenters. The lowest BCUT2D eigenvalue weighted by atomic mass is 10.2. The fourth-order valence-corrected chi connectivity index (χ4v) is 1.93. The lowest BCUT2D eigenvalue weighted by Gasteiger charge is -2.14. The highest BCUT2D eigenvalue weighted by molar-refractivity contribution is 7.80. The largest absolute Gasteiger partial charge is 0.418 e. The van der Waals surface area contributed by atoms with Crippen LogP contribution < -0.4 is 10.6 Å². The van der Waals surface area contributed by atoms with Gasteiger partial charge in [0.1, 0.15) is 0 Å². The normalized spacial score (nSPS) is 11.2. The number of nitrogens with zero attached hydrogens (tertiary/aromatic N) is 2. The molecule has 0 atom stereocenters. The number of hydrogen-bond acceptors (Lipinski definition) is 2. The highest BCUT2D eigenvalue weighted by atomic mass is 32.1. The monoisotopic (exact) mass is 314 g/mol. The van der Waals surface area contributed by atoms with Crippen LogP contribution in [0.15, 0.2) is 36.5 Å². The third-order valence-electron chi connectivity index (χ3n) is 2.69. The van der Waals surface area contributed by atoms with Crippen LogP contribution in [-0.4, -0.2) is 14.9 Å². The summed E-state index contributed by atoms with van der Waals surface area (Å²) >= 11 is 5.01. The van der Waals surface area contributed by atoms with Gasteiger partial charge < -0.3 is 10.6 Å². The topological polar surface area (TPSA) is 41.9 Å². The summed E-state index contributed by atoms with van der Waals surface area (Å²) in [5, 5.41) is 9.48. The van der Waals surface area contributed by atoms with Crippen molar-refractivity contribution < 1.29 is 13.2 Å². The smallest absolute Gasteiger partial charge is 0.332 e.